The Balaban J connectivity index is 3.02. The van der Waals surface area contributed by atoms with Crippen LogP contribution in [0.2, 0.25) is 18.1 Å². The molecule has 0 saturated heterocycles. The van der Waals surface area contributed by atoms with Crippen LogP contribution in [0.25, 0.3) is 0 Å². The van der Waals surface area contributed by atoms with Gasteiger partial charge in [-0.2, -0.15) is 8.78 Å². The Kier molecular flexibility index (Phi) is 7.55. The highest BCUT2D eigenvalue weighted by Gasteiger charge is 2.51. The number of aliphatic hydroxyl groups is 2. The number of carbonyl (C=O) groups is 1. The van der Waals surface area contributed by atoms with Crippen molar-refractivity contribution in [3.8, 4) is 0 Å². The van der Waals surface area contributed by atoms with Crippen LogP contribution in [0.4, 0.5) is 8.78 Å². The van der Waals surface area contributed by atoms with Crippen molar-refractivity contribution in [1.29, 1.82) is 0 Å². The number of halogens is 2. The molecule has 2 N–H and O–H groups in total. The molecule has 0 spiro atoms. The average molecular weight is 395 g/mol. The maximum atomic E-state index is 14.0. The molecule has 152 valence electrons. The van der Waals surface area contributed by atoms with Crippen LogP contribution in [0.15, 0.2) is 12.2 Å². The largest absolute Gasteiger partial charge is 0.449 e. The molecule has 0 aromatic heterocycles. The van der Waals surface area contributed by atoms with Crippen LogP contribution in [0.1, 0.15) is 47.0 Å². The highest BCUT2D eigenvalue weighted by atomic mass is 28.4. The van der Waals surface area contributed by atoms with Gasteiger partial charge in [0, 0.05) is 6.08 Å². The van der Waals surface area contributed by atoms with Gasteiger partial charge in [0.1, 0.15) is 12.2 Å². The summed E-state index contributed by atoms with van der Waals surface area (Å²) in [5, 5.41) is 20.8. The molecule has 0 bridgehead atoms. The maximum Gasteiger partial charge on any atom is 0.331 e. The molecule has 1 heterocycles. The van der Waals surface area contributed by atoms with Crippen LogP contribution in [0.5, 0.6) is 0 Å². The molecule has 0 saturated carbocycles. The third-order valence-electron chi connectivity index (χ3n) is 5.20. The second kappa shape index (κ2) is 8.46. The van der Waals surface area contributed by atoms with Crippen molar-refractivity contribution >= 4 is 14.3 Å². The van der Waals surface area contributed by atoms with E-state index in [1.807, 2.05) is 40.8 Å². The number of esters is 1. The SMILES string of the molecule is CCCC[C@H](O[Si](C)(C)C(C)(C)C)[C@@H](O)[C@H](O)[C@@H]1OC(=O)C=CC1(F)F. The molecule has 4 atom stereocenters. The van der Waals surface area contributed by atoms with Crippen molar-refractivity contribution in [2.75, 3.05) is 0 Å². The first kappa shape index (κ1) is 23.2. The van der Waals surface area contributed by atoms with E-state index in [-0.39, 0.29) is 5.04 Å². The lowest BCUT2D eigenvalue weighted by atomic mass is 9.94. The number of hydrogen-bond acceptors (Lipinski definition) is 5. The van der Waals surface area contributed by atoms with E-state index in [2.05, 4.69) is 4.74 Å². The predicted octanol–water partition coefficient (Wildman–Crippen LogP) is 3.41. The predicted molar refractivity (Wildman–Crippen MR) is 97.6 cm³/mol. The Morgan fingerprint density at radius 1 is 1.35 bits per heavy atom. The molecule has 5 nitrogen and oxygen atoms in total. The maximum absolute atomic E-state index is 14.0. The molecule has 0 aliphatic carbocycles. The van der Waals surface area contributed by atoms with Crippen molar-refractivity contribution in [3.63, 3.8) is 0 Å². The van der Waals surface area contributed by atoms with Crippen molar-refractivity contribution in [3.05, 3.63) is 12.2 Å². The number of unbranched alkanes of at least 4 members (excludes halogenated alkanes) is 1. The number of rotatable bonds is 8. The van der Waals surface area contributed by atoms with E-state index in [9.17, 15) is 23.8 Å². The van der Waals surface area contributed by atoms with E-state index >= 15 is 0 Å². The summed E-state index contributed by atoms with van der Waals surface area (Å²) >= 11 is 0. The lowest BCUT2D eigenvalue weighted by molar-refractivity contribution is -0.198. The van der Waals surface area contributed by atoms with Gasteiger partial charge in [-0.25, -0.2) is 4.79 Å². The first-order valence-electron chi connectivity index (χ1n) is 9.04. The number of cyclic esters (lactones) is 1. The van der Waals surface area contributed by atoms with E-state index in [0.717, 1.165) is 6.42 Å². The van der Waals surface area contributed by atoms with Crippen molar-refractivity contribution in [2.45, 2.75) is 95.4 Å². The molecular formula is C18H32F2O5Si. The van der Waals surface area contributed by atoms with Gasteiger partial charge in [-0.15, -0.1) is 0 Å². The summed E-state index contributed by atoms with van der Waals surface area (Å²) in [4.78, 5) is 11.3. The van der Waals surface area contributed by atoms with Gasteiger partial charge in [-0.05, 0) is 30.6 Å². The van der Waals surface area contributed by atoms with Gasteiger partial charge in [-0.3, -0.25) is 0 Å². The van der Waals surface area contributed by atoms with Crippen molar-refractivity contribution in [2.24, 2.45) is 0 Å². The number of hydrogen-bond donors (Lipinski definition) is 2. The molecule has 0 unspecified atom stereocenters. The Morgan fingerprint density at radius 3 is 2.42 bits per heavy atom. The third kappa shape index (κ3) is 5.58. The fourth-order valence-electron chi connectivity index (χ4n) is 2.47. The van der Waals surface area contributed by atoms with Gasteiger partial charge in [0.2, 0.25) is 0 Å². The Hall–Kier alpha value is -0.833. The van der Waals surface area contributed by atoms with Gasteiger partial charge in [0.15, 0.2) is 14.4 Å². The molecule has 1 aliphatic heterocycles. The Labute approximate surface area is 155 Å². The van der Waals surface area contributed by atoms with Crippen LogP contribution in [0, 0.1) is 0 Å². The van der Waals surface area contributed by atoms with Crippen LogP contribution >= 0.6 is 0 Å². The minimum atomic E-state index is -3.55. The minimum Gasteiger partial charge on any atom is -0.449 e. The summed E-state index contributed by atoms with van der Waals surface area (Å²) in [6, 6.07) is 0. The standard InChI is InChI=1S/C18H32F2O5Si/c1-7-8-9-12(25-26(5,6)17(2,3)4)14(22)15(23)16-18(19,20)11-10-13(21)24-16/h10-12,14-16,22-23H,7-9H2,1-6H3/t12-,14+,15-,16-/m0/s1. The molecule has 0 aromatic carbocycles. The van der Waals surface area contributed by atoms with Gasteiger partial charge in [0.05, 0.1) is 6.10 Å². The molecule has 0 amide bonds. The average Bonchev–Trinajstić information content (AvgIpc) is 2.51. The molecule has 26 heavy (non-hydrogen) atoms. The zero-order valence-electron chi connectivity index (χ0n) is 16.5. The van der Waals surface area contributed by atoms with Crippen LogP contribution in [-0.2, 0) is 14.0 Å². The van der Waals surface area contributed by atoms with Crippen LogP contribution in [-0.4, -0.2) is 54.8 Å². The van der Waals surface area contributed by atoms with Crippen molar-refractivity contribution in [1.82, 2.24) is 0 Å². The van der Waals surface area contributed by atoms with E-state index in [1.165, 1.54) is 0 Å². The number of alkyl halides is 2. The van der Waals surface area contributed by atoms with E-state index in [0.29, 0.717) is 25.0 Å². The first-order chi connectivity index (χ1) is 11.7. The summed E-state index contributed by atoms with van der Waals surface area (Å²) < 4.78 is 38.9. The number of carbonyl (C=O) groups excluding carboxylic acids is 1. The van der Waals surface area contributed by atoms with Crippen molar-refractivity contribution < 1.29 is 33.0 Å². The lowest BCUT2D eigenvalue weighted by Gasteiger charge is -2.42. The lowest BCUT2D eigenvalue weighted by Crippen LogP contribution is -2.56. The fourth-order valence-corrected chi connectivity index (χ4v) is 3.84. The molecular weight excluding hydrogens is 362 g/mol. The van der Waals surface area contributed by atoms with Crippen LogP contribution in [0.3, 0.4) is 0 Å². The summed E-state index contributed by atoms with van der Waals surface area (Å²) in [6.07, 6.45) is -3.51. The molecule has 0 radical (unpaired) electrons. The van der Waals surface area contributed by atoms with E-state index < -0.39 is 44.6 Å². The number of ether oxygens (including phenoxy) is 1. The molecule has 0 fully saturated rings. The monoisotopic (exact) mass is 394 g/mol. The third-order valence-corrected chi connectivity index (χ3v) is 9.70. The van der Waals surface area contributed by atoms with Gasteiger partial charge >= 0.3 is 11.9 Å². The summed E-state index contributed by atoms with van der Waals surface area (Å²) in [7, 11) is -2.31. The van der Waals surface area contributed by atoms with Crippen LogP contribution < -0.4 is 0 Å². The highest BCUT2D eigenvalue weighted by molar-refractivity contribution is 6.74. The second-order valence-corrected chi connectivity index (χ2v) is 13.2. The minimum absolute atomic E-state index is 0.147. The second-order valence-electron chi connectivity index (χ2n) is 8.41. The molecule has 8 heteroatoms. The smallest absolute Gasteiger partial charge is 0.331 e. The molecule has 1 rings (SSSR count). The zero-order valence-corrected chi connectivity index (χ0v) is 17.5. The van der Waals surface area contributed by atoms with E-state index in [4.69, 9.17) is 4.43 Å². The summed E-state index contributed by atoms with van der Waals surface area (Å²) in [5.41, 5.74) is 0. The van der Waals surface area contributed by atoms with Gasteiger partial charge < -0.3 is 19.4 Å². The molecule has 1 aliphatic rings. The normalized spacial score (nSPS) is 24.1. The van der Waals surface area contributed by atoms with Gasteiger partial charge in [0.25, 0.3) is 0 Å². The summed E-state index contributed by atoms with van der Waals surface area (Å²) in [5.74, 6) is -4.52. The topological polar surface area (TPSA) is 76.0 Å². The fraction of sp³-hybridized carbons (Fsp3) is 0.833. The van der Waals surface area contributed by atoms with E-state index in [1.54, 1.807) is 0 Å². The highest BCUT2D eigenvalue weighted by Crippen LogP contribution is 2.39. The van der Waals surface area contributed by atoms with Gasteiger partial charge in [-0.1, -0.05) is 40.5 Å². The first-order valence-corrected chi connectivity index (χ1v) is 12.0. The number of aliphatic hydroxyl groups excluding tert-OH is 2. The summed E-state index contributed by atoms with van der Waals surface area (Å²) in [6.45, 7) is 12.0. The zero-order chi connectivity index (χ0) is 20.3. The Morgan fingerprint density at radius 2 is 1.92 bits per heavy atom. The quantitative estimate of drug-likeness (QED) is 0.487. The Bertz CT molecular complexity index is 516. The molecule has 0 aromatic rings.